The zero-order chi connectivity index (χ0) is 12.1. The van der Waals surface area contributed by atoms with Crippen molar-refractivity contribution >= 4 is 11.3 Å². The molecule has 90 valence electrons. The summed E-state index contributed by atoms with van der Waals surface area (Å²) in [4.78, 5) is 0. The monoisotopic (exact) mass is 251 g/mol. The van der Waals surface area contributed by atoms with Crippen molar-refractivity contribution in [2.45, 2.75) is 12.8 Å². The van der Waals surface area contributed by atoms with Gasteiger partial charge >= 0.3 is 0 Å². The summed E-state index contributed by atoms with van der Waals surface area (Å²) in [7, 11) is 1.91. The smallest absolute Gasteiger partial charge is 0.123 e. The molecule has 2 rings (SSSR count). The molecule has 0 amide bonds. The molecule has 0 saturated carbocycles. The lowest BCUT2D eigenvalue weighted by Gasteiger charge is -1.96. The Labute approximate surface area is 104 Å². The Hall–Kier alpha value is -1.33. The molecule has 2 aromatic rings. The van der Waals surface area contributed by atoms with Gasteiger partial charge in [0.05, 0.1) is 0 Å². The maximum Gasteiger partial charge on any atom is 0.123 e. The molecule has 0 unspecified atom stereocenters. The van der Waals surface area contributed by atoms with Gasteiger partial charge in [-0.05, 0) is 24.7 Å². The molecule has 0 fully saturated rings. The quantitative estimate of drug-likeness (QED) is 0.883. The molecule has 17 heavy (non-hydrogen) atoms. The van der Waals surface area contributed by atoms with Crippen LogP contribution in [0.5, 0.6) is 0 Å². The van der Waals surface area contributed by atoms with Crippen molar-refractivity contribution < 1.29 is 4.39 Å². The summed E-state index contributed by atoms with van der Waals surface area (Å²) in [5.74, 6) is -0.206. The first-order valence-electron chi connectivity index (χ1n) is 5.48. The summed E-state index contributed by atoms with van der Waals surface area (Å²) in [5.41, 5.74) is 0.932. The van der Waals surface area contributed by atoms with E-state index in [0.29, 0.717) is 6.42 Å². The van der Waals surface area contributed by atoms with E-state index in [4.69, 9.17) is 0 Å². The van der Waals surface area contributed by atoms with Gasteiger partial charge in [0.25, 0.3) is 0 Å². The lowest BCUT2D eigenvalue weighted by Crippen LogP contribution is -2.09. The number of rotatable bonds is 5. The van der Waals surface area contributed by atoms with Gasteiger partial charge in [0.15, 0.2) is 0 Å². The van der Waals surface area contributed by atoms with Gasteiger partial charge in [-0.3, -0.25) is 0 Å². The fraction of sp³-hybridized carbons (Fsp3) is 0.333. The average molecular weight is 251 g/mol. The van der Waals surface area contributed by atoms with Gasteiger partial charge in [0.2, 0.25) is 0 Å². The molecule has 0 saturated heterocycles. The number of aromatic nitrogens is 2. The van der Waals surface area contributed by atoms with Crippen molar-refractivity contribution in [3.05, 3.63) is 45.7 Å². The molecular weight excluding hydrogens is 237 g/mol. The van der Waals surface area contributed by atoms with Crippen LogP contribution in [0.15, 0.2) is 24.3 Å². The van der Waals surface area contributed by atoms with Crippen molar-refractivity contribution in [1.82, 2.24) is 15.5 Å². The molecule has 0 spiro atoms. The summed E-state index contributed by atoms with van der Waals surface area (Å²) in [5, 5.41) is 13.2. The first-order chi connectivity index (χ1) is 8.28. The van der Waals surface area contributed by atoms with Crippen LogP contribution < -0.4 is 5.32 Å². The summed E-state index contributed by atoms with van der Waals surface area (Å²) in [6.07, 6.45) is 1.53. The second-order valence-corrected chi connectivity index (χ2v) is 4.90. The molecule has 0 aliphatic rings. The van der Waals surface area contributed by atoms with Crippen molar-refractivity contribution in [1.29, 1.82) is 0 Å². The summed E-state index contributed by atoms with van der Waals surface area (Å²) in [6, 6.07) is 6.60. The second-order valence-electron chi connectivity index (χ2n) is 3.75. The number of hydrogen-bond acceptors (Lipinski definition) is 4. The molecule has 0 radical (unpaired) electrons. The first-order valence-corrected chi connectivity index (χ1v) is 6.30. The van der Waals surface area contributed by atoms with E-state index in [1.165, 1.54) is 12.1 Å². The number of halogens is 1. The van der Waals surface area contributed by atoms with E-state index in [-0.39, 0.29) is 5.82 Å². The number of nitrogens with zero attached hydrogens (tertiary/aromatic N) is 2. The predicted molar refractivity (Wildman–Crippen MR) is 66.7 cm³/mol. The second kappa shape index (κ2) is 5.84. The van der Waals surface area contributed by atoms with Crippen LogP contribution in [0.25, 0.3) is 0 Å². The van der Waals surface area contributed by atoms with Crippen LogP contribution in [0.2, 0.25) is 0 Å². The molecule has 0 atom stereocenters. The number of hydrogen-bond donors (Lipinski definition) is 1. The standard InChI is InChI=1S/C12H14FN3S/c1-14-6-5-11-15-16-12(17-11)8-9-3-2-4-10(13)7-9/h2-4,7,14H,5-6,8H2,1H3. The topological polar surface area (TPSA) is 37.8 Å². The Morgan fingerprint density at radius 3 is 2.88 bits per heavy atom. The van der Waals surface area contributed by atoms with E-state index >= 15 is 0 Å². The Bertz CT molecular complexity index is 484. The molecule has 1 aromatic carbocycles. The maximum absolute atomic E-state index is 13.0. The van der Waals surface area contributed by atoms with Gasteiger partial charge in [-0.2, -0.15) is 0 Å². The minimum atomic E-state index is -0.206. The van der Waals surface area contributed by atoms with Crippen LogP contribution in [0.3, 0.4) is 0 Å². The third kappa shape index (κ3) is 3.57. The fourth-order valence-electron chi connectivity index (χ4n) is 1.51. The SMILES string of the molecule is CNCCc1nnc(Cc2cccc(F)c2)s1. The molecule has 3 nitrogen and oxygen atoms in total. The van der Waals surface area contributed by atoms with E-state index in [9.17, 15) is 4.39 Å². The molecule has 1 heterocycles. The average Bonchev–Trinajstić information content (AvgIpc) is 2.74. The highest BCUT2D eigenvalue weighted by atomic mass is 32.1. The molecule has 0 bridgehead atoms. The number of nitrogens with one attached hydrogen (secondary N) is 1. The van der Waals surface area contributed by atoms with Crippen LogP contribution in [0.1, 0.15) is 15.6 Å². The zero-order valence-electron chi connectivity index (χ0n) is 9.61. The Morgan fingerprint density at radius 1 is 1.29 bits per heavy atom. The molecule has 5 heteroatoms. The fourth-order valence-corrected chi connectivity index (χ4v) is 2.39. The molecule has 0 aliphatic carbocycles. The van der Waals surface area contributed by atoms with Crippen molar-refractivity contribution in [3.8, 4) is 0 Å². The first kappa shape index (κ1) is 12.1. The van der Waals surface area contributed by atoms with E-state index in [2.05, 4.69) is 15.5 Å². The predicted octanol–water partition coefficient (Wildman–Crippen LogP) is 2.03. The van der Waals surface area contributed by atoms with Crippen molar-refractivity contribution in [3.63, 3.8) is 0 Å². The van der Waals surface area contributed by atoms with Gasteiger partial charge in [-0.1, -0.05) is 12.1 Å². The Kier molecular flexibility index (Phi) is 4.17. The third-order valence-corrected chi connectivity index (χ3v) is 3.32. The van der Waals surface area contributed by atoms with Crippen LogP contribution in [0.4, 0.5) is 4.39 Å². The highest BCUT2D eigenvalue weighted by molar-refractivity contribution is 7.11. The van der Waals surface area contributed by atoms with Crippen LogP contribution >= 0.6 is 11.3 Å². The summed E-state index contributed by atoms with van der Waals surface area (Å²) in [6.45, 7) is 0.897. The van der Waals surface area contributed by atoms with Gasteiger partial charge in [-0.15, -0.1) is 21.5 Å². The minimum absolute atomic E-state index is 0.206. The highest BCUT2D eigenvalue weighted by Crippen LogP contribution is 2.15. The lowest BCUT2D eigenvalue weighted by molar-refractivity contribution is 0.626. The summed E-state index contributed by atoms with van der Waals surface area (Å²) < 4.78 is 13.0. The molecular formula is C12H14FN3S. The highest BCUT2D eigenvalue weighted by Gasteiger charge is 2.05. The van der Waals surface area contributed by atoms with E-state index in [1.807, 2.05) is 13.1 Å². The van der Waals surface area contributed by atoms with Crippen LogP contribution in [0, 0.1) is 5.82 Å². The number of likely N-dealkylation sites (N-methyl/N-ethyl adjacent to an activating group) is 1. The summed E-state index contributed by atoms with van der Waals surface area (Å²) >= 11 is 1.59. The van der Waals surface area contributed by atoms with Gasteiger partial charge in [0.1, 0.15) is 15.8 Å². The molecule has 0 aliphatic heterocycles. The van der Waals surface area contributed by atoms with Gasteiger partial charge in [0, 0.05) is 19.4 Å². The lowest BCUT2D eigenvalue weighted by atomic mass is 10.1. The number of benzene rings is 1. The van der Waals surface area contributed by atoms with E-state index in [0.717, 1.165) is 28.5 Å². The maximum atomic E-state index is 13.0. The third-order valence-electron chi connectivity index (χ3n) is 2.34. The molecule has 1 aromatic heterocycles. The largest absolute Gasteiger partial charge is 0.319 e. The normalized spacial score (nSPS) is 10.7. The molecule has 1 N–H and O–H groups in total. The van der Waals surface area contributed by atoms with Crippen LogP contribution in [-0.2, 0) is 12.8 Å². The minimum Gasteiger partial charge on any atom is -0.319 e. The van der Waals surface area contributed by atoms with E-state index in [1.54, 1.807) is 17.4 Å². The zero-order valence-corrected chi connectivity index (χ0v) is 10.4. The van der Waals surface area contributed by atoms with Crippen LogP contribution in [-0.4, -0.2) is 23.8 Å². The van der Waals surface area contributed by atoms with Gasteiger partial charge < -0.3 is 5.32 Å². The Balaban J connectivity index is 2.01. The van der Waals surface area contributed by atoms with Gasteiger partial charge in [-0.25, -0.2) is 4.39 Å². The van der Waals surface area contributed by atoms with Crippen molar-refractivity contribution in [2.75, 3.05) is 13.6 Å². The Morgan fingerprint density at radius 2 is 2.12 bits per heavy atom. The van der Waals surface area contributed by atoms with E-state index < -0.39 is 0 Å². The van der Waals surface area contributed by atoms with Crippen molar-refractivity contribution in [2.24, 2.45) is 0 Å².